The number of hydrogen-bond donors (Lipinski definition) is 0. The molecule has 0 atom stereocenters. The van der Waals surface area contributed by atoms with Gasteiger partial charge >= 0.3 is 9.06 Å². The van der Waals surface area contributed by atoms with Crippen molar-refractivity contribution in [3.8, 4) is 0 Å². The largest absolute Gasteiger partial charge is 0.612 e. The third-order valence-corrected chi connectivity index (χ3v) is 30.3. The number of nitrogens with zero attached hydrogens (tertiary/aromatic N) is 4. The lowest BCUT2D eigenvalue weighted by Gasteiger charge is -2.62. The zero-order valence-electron chi connectivity index (χ0n) is 24.0. The molecule has 0 unspecified atom stereocenters. The normalized spacial score (nSPS) is 16.3. The zero-order valence-corrected chi connectivity index (χ0v) is 31.0. The average Bonchev–Trinajstić information content (AvgIpc) is 2.32. The molecule has 0 aromatic rings. The molecular formula is C18H54F2N4Si7. The quantitative estimate of drug-likeness (QED) is 0.157. The molecule has 31 heavy (non-hydrogen) atoms. The van der Waals surface area contributed by atoms with Crippen LogP contribution in [0.3, 0.4) is 0 Å². The predicted octanol–water partition coefficient (Wildman–Crippen LogP) is 7.41. The van der Waals surface area contributed by atoms with Gasteiger partial charge in [-0.15, -0.1) is 0 Å². The van der Waals surface area contributed by atoms with Crippen LogP contribution in [0.1, 0.15) is 0 Å². The highest BCUT2D eigenvalue weighted by Gasteiger charge is 2.66. The molecule has 0 aromatic heterocycles. The monoisotopic (exact) mass is 560 g/mol. The van der Waals surface area contributed by atoms with Crippen LogP contribution in [0.5, 0.6) is 0 Å². The highest BCUT2D eigenvalue weighted by atomic mass is 28.5. The molecule has 0 amide bonds. The molecular weight excluding hydrogens is 507 g/mol. The summed E-state index contributed by atoms with van der Waals surface area (Å²) in [4.78, 5) is 0. The summed E-state index contributed by atoms with van der Waals surface area (Å²) in [5.74, 6) is 0. The van der Waals surface area contributed by atoms with Crippen LogP contribution in [-0.4, -0.2) is 75.8 Å². The van der Waals surface area contributed by atoms with E-state index in [1.807, 2.05) is 0 Å². The van der Waals surface area contributed by atoms with Gasteiger partial charge in [-0.1, -0.05) is 118 Å². The van der Waals surface area contributed by atoms with Crippen LogP contribution in [0.2, 0.25) is 118 Å². The lowest BCUT2D eigenvalue weighted by Crippen LogP contribution is -2.86. The molecule has 0 saturated heterocycles. The van der Waals surface area contributed by atoms with Gasteiger partial charge in [-0.05, 0) is 0 Å². The molecule has 0 radical (unpaired) electrons. The molecule has 4 nitrogen and oxygen atoms in total. The summed E-state index contributed by atoms with van der Waals surface area (Å²) in [5, 5.41) is 0. The molecule has 0 spiro atoms. The Kier molecular flexibility index (Phi) is 9.72. The first kappa shape index (κ1) is 32.2. The smallest absolute Gasteiger partial charge is 0.291 e. The number of rotatable bonds is 10. The van der Waals surface area contributed by atoms with Gasteiger partial charge in [0.1, 0.15) is 49.4 Å². The van der Waals surface area contributed by atoms with Crippen LogP contribution >= 0.6 is 0 Å². The first-order valence-electron chi connectivity index (χ1n) is 11.6. The zero-order chi connectivity index (χ0) is 25.8. The fourth-order valence-electron chi connectivity index (χ4n) is 4.95. The van der Waals surface area contributed by atoms with Gasteiger partial charge in [0.15, 0.2) is 0 Å². The van der Waals surface area contributed by atoms with Gasteiger partial charge in [-0.3, -0.25) is 8.68 Å². The molecule has 0 aliphatic rings. The van der Waals surface area contributed by atoms with E-state index in [1.165, 1.54) is 0 Å². The van der Waals surface area contributed by atoms with Gasteiger partial charge in [0.2, 0.25) is 0 Å². The third-order valence-electron chi connectivity index (χ3n) is 4.72. The van der Waals surface area contributed by atoms with E-state index in [1.54, 1.807) is 8.68 Å². The van der Waals surface area contributed by atoms with E-state index < -0.39 is 58.5 Å². The topological polar surface area (TPSA) is 13.0 Å². The summed E-state index contributed by atoms with van der Waals surface area (Å²) in [6.45, 7) is 39.7. The van der Waals surface area contributed by atoms with Crippen molar-refractivity contribution < 1.29 is 8.22 Å². The fraction of sp³-hybridized carbons (Fsp3) is 1.00. The van der Waals surface area contributed by atoms with Crippen LogP contribution in [0.25, 0.3) is 0 Å². The average molecular weight is 561 g/mol. The molecule has 188 valence electrons. The molecule has 0 N–H and O–H groups in total. The Balaban J connectivity index is 7.35. The van der Waals surface area contributed by atoms with Crippen molar-refractivity contribution >= 4 is 58.5 Å². The van der Waals surface area contributed by atoms with E-state index in [0.29, 0.717) is 0 Å². The maximum atomic E-state index is 17.4. The fourth-order valence-corrected chi connectivity index (χ4v) is 44.9. The van der Waals surface area contributed by atoms with Crippen LogP contribution in [-0.2, 0) is 0 Å². The van der Waals surface area contributed by atoms with Crippen LogP contribution in [0.15, 0.2) is 0 Å². The molecule has 0 aliphatic carbocycles. The molecule has 0 heterocycles. The van der Waals surface area contributed by atoms with E-state index in [-0.39, 0.29) is 0 Å². The van der Waals surface area contributed by atoms with E-state index in [9.17, 15) is 0 Å². The molecule has 0 aliphatic heterocycles. The van der Waals surface area contributed by atoms with Crippen molar-refractivity contribution in [3.05, 3.63) is 0 Å². The summed E-state index contributed by atoms with van der Waals surface area (Å²) in [7, 11) is -17.9. The van der Waals surface area contributed by atoms with E-state index in [2.05, 4.69) is 127 Å². The van der Waals surface area contributed by atoms with E-state index in [4.69, 9.17) is 0 Å². The SMILES string of the molecule is C[Si](C)(C)N(N([Si](C)(C)C)[Si](F)(F)N(N([Si](C)(C)C)[Si](C)(C)C)[Si](C)(C)C)[Si](C)(C)C. The van der Waals surface area contributed by atoms with Crippen molar-refractivity contribution in [2.24, 2.45) is 0 Å². The summed E-state index contributed by atoms with van der Waals surface area (Å²) in [5.41, 5.74) is 0. The van der Waals surface area contributed by atoms with Gasteiger partial charge in [0, 0.05) is 0 Å². The number of hydrazine groups is 2. The first-order valence-corrected chi connectivity index (χ1v) is 33.9. The minimum Gasteiger partial charge on any atom is -0.291 e. The van der Waals surface area contributed by atoms with Gasteiger partial charge < -0.3 is 0 Å². The van der Waals surface area contributed by atoms with Crippen molar-refractivity contribution in [1.82, 2.24) is 17.4 Å². The Hall–Kier alpha value is 1.22. The Bertz CT molecular complexity index is 529. The predicted molar refractivity (Wildman–Crippen MR) is 155 cm³/mol. The minimum absolute atomic E-state index is 1.80. The molecule has 0 saturated carbocycles. The van der Waals surface area contributed by atoms with Crippen LogP contribution < -0.4 is 0 Å². The molecule has 0 bridgehead atoms. The van der Waals surface area contributed by atoms with Crippen molar-refractivity contribution in [2.75, 3.05) is 0 Å². The maximum absolute atomic E-state index is 17.4. The highest BCUT2D eigenvalue weighted by molar-refractivity contribution is 6.98. The van der Waals surface area contributed by atoms with Crippen molar-refractivity contribution in [1.29, 1.82) is 0 Å². The van der Waals surface area contributed by atoms with Gasteiger partial charge in [0.25, 0.3) is 0 Å². The Morgan fingerprint density at radius 2 is 0.419 bits per heavy atom. The molecule has 0 rings (SSSR count). The molecule has 0 fully saturated rings. The van der Waals surface area contributed by atoms with E-state index in [0.717, 1.165) is 0 Å². The lowest BCUT2D eigenvalue weighted by atomic mass is 11.8. The summed E-state index contributed by atoms with van der Waals surface area (Å²) in [6, 6.07) is 0. The van der Waals surface area contributed by atoms with Crippen molar-refractivity contribution in [2.45, 2.75) is 118 Å². The second-order valence-electron chi connectivity index (χ2n) is 14.8. The Morgan fingerprint density at radius 3 is 0.516 bits per heavy atom. The van der Waals surface area contributed by atoms with Crippen LogP contribution in [0, 0.1) is 0 Å². The summed E-state index contributed by atoms with van der Waals surface area (Å²) >= 11 is 0. The Morgan fingerprint density at radius 1 is 0.290 bits per heavy atom. The van der Waals surface area contributed by atoms with Gasteiger partial charge in [-0.2, -0.15) is 0 Å². The van der Waals surface area contributed by atoms with E-state index >= 15 is 8.22 Å². The molecule has 13 heteroatoms. The van der Waals surface area contributed by atoms with Crippen molar-refractivity contribution in [3.63, 3.8) is 0 Å². The first-order chi connectivity index (χ1) is 13.0. The third kappa shape index (κ3) is 8.14. The molecule has 0 aromatic carbocycles. The summed E-state index contributed by atoms with van der Waals surface area (Å²) < 4.78 is 43.1. The second-order valence-corrected chi connectivity index (χ2v) is 47.0. The van der Waals surface area contributed by atoms with Gasteiger partial charge in [0.05, 0.1) is 0 Å². The standard InChI is InChI=1S/C18H54F2N4Si7/c1-25(2,3)21(26(4,5)6)23(29(13,14)15)31(19,20)24(30(16,17)18)22(27(7,8)9)28(10,11)12/h1-18H3. The van der Waals surface area contributed by atoms with Crippen LogP contribution in [0.4, 0.5) is 8.22 Å². The lowest BCUT2D eigenvalue weighted by molar-refractivity contribution is 0.187. The maximum Gasteiger partial charge on any atom is 0.612 e. The number of halogens is 2. The number of hydrogen-bond acceptors (Lipinski definition) is 4. The highest BCUT2D eigenvalue weighted by Crippen LogP contribution is 2.40. The summed E-state index contributed by atoms with van der Waals surface area (Å²) in [6.07, 6.45) is 0. The van der Waals surface area contributed by atoms with Gasteiger partial charge in [-0.25, -0.2) is 16.9 Å². The second kappa shape index (κ2) is 9.35. The Labute approximate surface area is 201 Å². The minimum atomic E-state index is -5.02.